The zero-order chi connectivity index (χ0) is 14.1. The molecule has 1 saturated carbocycles. The fraction of sp³-hybridized carbons (Fsp3) is 0.812. The molecule has 0 atom stereocenters. The molecule has 1 aliphatic carbocycles. The number of aromatic nitrogens is 1. The summed E-state index contributed by atoms with van der Waals surface area (Å²) in [6.07, 6.45) is 6.23. The van der Waals surface area contributed by atoms with Crippen molar-refractivity contribution >= 4 is 11.3 Å². The zero-order valence-electron chi connectivity index (χ0n) is 13.1. The van der Waals surface area contributed by atoms with Crippen LogP contribution in [0.1, 0.15) is 68.5 Å². The summed E-state index contributed by atoms with van der Waals surface area (Å²) in [5, 5.41) is 5.15. The molecule has 108 valence electrons. The van der Waals surface area contributed by atoms with E-state index in [1.807, 2.05) is 11.3 Å². The maximum absolute atomic E-state index is 4.86. The molecule has 2 nitrogen and oxygen atoms in total. The van der Waals surface area contributed by atoms with E-state index in [9.17, 15) is 0 Å². The molecule has 0 saturated heterocycles. The van der Waals surface area contributed by atoms with Crippen LogP contribution >= 0.6 is 11.3 Å². The molecule has 0 aromatic carbocycles. The van der Waals surface area contributed by atoms with Gasteiger partial charge in [0, 0.05) is 4.88 Å². The Morgan fingerprint density at radius 1 is 1.16 bits per heavy atom. The van der Waals surface area contributed by atoms with Crippen molar-refractivity contribution < 1.29 is 0 Å². The largest absolute Gasteiger partial charge is 0.305 e. The molecule has 0 unspecified atom stereocenters. The quantitative estimate of drug-likeness (QED) is 0.875. The number of rotatable bonds is 4. The second-order valence-corrected chi connectivity index (χ2v) is 8.04. The number of nitrogens with zero attached hydrogens (tertiary/aromatic N) is 1. The Hall–Kier alpha value is -0.410. The fourth-order valence-corrected chi connectivity index (χ4v) is 4.00. The van der Waals surface area contributed by atoms with Crippen LogP contribution in [0.15, 0.2) is 0 Å². The van der Waals surface area contributed by atoms with Crippen LogP contribution in [0.2, 0.25) is 0 Å². The van der Waals surface area contributed by atoms with Crippen LogP contribution in [-0.2, 0) is 5.54 Å². The van der Waals surface area contributed by atoms with E-state index in [1.165, 1.54) is 47.7 Å². The number of hydrogen-bond acceptors (Lipinski definition) is 3. The maximum atomic E-state index is 4.86. The standard InChI is InChI=1S/C16H28N2S/c1-6-11-17-16(9-7-15(4,5)8-10-16)14-18-12(2)13(3)19-14/h17H,6-11H2,1-5H3. The van der Waals surface area contributed by atoms with E-state index in [-0.39, 0.29) is 5.54 Å². The Bertz CT molecular complexity index is 404. The minimum absolute atomic E-state index is 0.148. The van der Waals surface area contributed by atoms with Gasteiger partial charge in [-0.3, -0.25) is 0 Å². The highest BCUT2D eigenvalue weighted by Crippen LogP contribution is 2.46. The minimum Gasteiger partial charge on any atom is -0.305 e. The predicted molar refractivity (Wildman–Crippen MR) is 83.8 cm³/mol. The van der Waals surface area contributed by atoms with Crippen molar-refractivity contribution in [3.8, 4) is 0 Å². The van der Waals surface area contributed by atoms with Crippen LogP contribution in [-0.4, -0.2) is 11.5 Å². The third-order valence-electron chi connectivity index (χ3n) is 4.61. The van der Waals surface area contributed by atoms with Gasteiger partial charge in [0.1, 0.15) is 5.01 Å². The van der Waals surface area contributed by atoms with E-state index >= 15 is 0 Å². The Kier molecular flexibility index (Phi) is 4.36. The van der Waals surface area contributed by atoms with Crippen molar-refractivity contribution in [2.24, 2.45) is 5.41 Å². The van der Waals surface area contributed by atoms with Crippen LogP contribution in [0.4, 0.5) is 0 Å². The molecule has 1 aromatic heterocycles. The lowest BCUT2D eigenvalue weighted by atomic mass is 9.69. The Balaban J connectivity index is 2.25. The first-order chi connectivity index (χ1) is 8.88. The average Bonchev–Trinajstić information content (AvgIpc) is 2.69. The second kappa shape index (κ2) is 5.53. The second-order valence-electron chi connectivity index (χ2n) is 6.83. The van der Waals surface area contributed by atoms with Crippen molar-refractivity contribution in [2.75, 3.05) is 6.54 Å². The highest BCUT2D eigenvalue weighted by molar-refractivity contribution is 7.11. The number of thiazole rings is 1. The highest BCUT2D eigenvalue weighted by Gasteiger charge is 2.41. The summed E-state index contributed by atoms with van der Waals surface area (Å²) in [6.45, 7) is 12.5. The van der Waals surface area contributed by atoms with Crippen molar-refractivity contribution in [2.45, 2.75) is 72.3 Å². The summed E-state index contributed by atoms with van der Waals surface area (Å²) < 4.78 is 0. The molecule has 2 rings (SSSR count). The molecule has 1 N–H and O–H groups in total. The van der Waals surface area contributed by atoms with Gasteiger partial charge in [-0.05, 0) is 57.9 Å². The van der Waals surface area contributed by atoms with Gasteiger partial charge >= 0.3 is 0 Å². The Morgan fingerprint density at radius 3 is 2.26 bits per heavy atom. The summed E-state index contributed by atoms with van der Waals surface area (Å²) in [6, 6.07) is 0. The smallest absolute Gasteiger partial charge is 0.113 e. The van der Waals surface area contributed by atoms with Crippen LogP contribution in [0, 0.1) is 19.3 Å². The fourth-order valence-electron chi connectivity index (χ4n) is 2.86. The predicted octanol–water partition coefficient (Wildman–Crippen LogP) is 4.56. The van der Waals surface area contributed by atoms with E-state index in [1.54, 1.807) is 0 Å². The molecular formula is C16H28N2S. The normalized spacial score (nSPS) is 21.5. The summed E-state index contributed by atoms with van der Waals surface area (Å²) in [5.41, 5.74) is 1.86. The first-order valence-electron chi connectivity index (χ1n) is 7.58. The van der Waals surface area contributed by atoms with Gasteiger partial charge in [0.2, 0.25) is 0 Å². The molecule has 0 radical (unpaired) electrons. The van der Waals surface area contributed by atoms with Gasteiger partial charge in [-0.1, -0.05) is 20.8 Å². The molecule has 0 bridgehead atoms. The van der Waals surface area contributed by atoms with Gasteiger partial charge in [0.25, 0.3) is 0 Å². The van der Waals surface area contributed by atoms with E-state index in [4.69, 9.17) is 4.98 Å². The zero-order valence-corrected chi connectivity index (χ0v) is 13.9. The molecule has 0 spiro atoms. The summed E-state index contributed by atoms with van der Waals surface area (Å²) >= 11 is 1.90. The summed E-state index contributed by atoms with van der Waals surface area (Å²) in [4.78, 5) is 6.24. The van der Waals surface area contributed by atoms with Crippen LogP contribution < -0.4 is 5.32 Å². The first-order valence-corrected chi connectivity index (χ1v) is 8.40. The van der Waals surface area contributed by atoms with Crippen molar-refractivity contribution in [1.29, 1.82) is 0 Å². The van der Waals surface area contributed by atoms with E-state index in [0.717, 1.165) is 6.54 Å². The van der Waals surface area contributed by atoms with Crippen LogP contribution in [0.25, 0.3) is 0 Å². The lowest BCUT2D eigenvalue weighted by Gasteiger charge is -2.43. The van der Waals surface area contributed by atoms with Crippen LogP contribution in [0.5, 0.6) is 0 Å². The first kappa shape index (κ1) is 15.0. The number of nitrogens with one attached hydrogen (secondary N) is 1. The molecule has 3 heteroatoms. The molecule has 1 aliphatic rings. The summed E-state index contributed by atoms with van der Waals surface area (Å²) in [5.74, 6) is 0. The van der Waals surface area contributed by atoms with Gasteiger partial charge in [-0.2, -0.15) is 0 Å². The summed E-state index contributed by atoms with van der Waals surface area (Å²) in [7, 11) is 0. The topological polar surface area (TPSA) is 24.9 Å². The van der Waals surface area contributed by atoms with Crippen molar-refractivity contribution in [3.63, 3.8) is 0 Å². The Labute approximate surface area is 122 Å². The lowest BCUT2D eigenvalue weighted by molar-refractivity contribution is 0.134. The molecule has 0 amide bonds. The minimum atomic E-state index is 0.148. The SMILES string of the molecule is CCCNC1(c2nc(C)c(C)s2)CCC(C)(C)CC1. The van der Waals surface area contributed by atoms with Gasteiger partial charge in [0.05, 0.1) is 11.2 Å². The van der Waals surface area contributed by atoms with E-state index in [2.05, 4.69) is 39.9 Å². The van der Waals surface area contributed by atoms with E-state index < -0.39 is 0 Å². The third-order valence-corrected chi connectivity index (χ3v) is 5.89. The lowest BCUT2D eigenvalue weighted by Crippen LogP contribution is -2.47. The van der Waals surface area contributed by atoms with Gasteiger partial charge < -0.3 is 5.32 Å². The van der Waals surface area contributed by atoms with Gasteiger partial charge in [-0.15, -0.1) is 11.3 Å². The molecule has 0 aliphatic heterocycles. The number of aryl methyl sites for hydroxylation is 2. The maximum Gasteiger partial charge on any atom is 0.113 e. The van der Waals surface area contributed by atoms with Crippen LogP contribution in [0.3, 0.4) is 0 Å². The third kappa shape index (κ3) is 3.19. The molecule has 1 fully saturated rings. The Morgan fingerprint density at radius 2 is 1.79 bits per heavy atom. The molecule has 1 heterocycles. The molecule has 19 heavy (non-hydrogen) atoms. The molecular weight excluding hydrogens is 252 g/mol. The van der Waals surface area contributed by atoms with E-state index in [0.29, 0.717) is 5.41 Å². The highest BCUT2D eigenvalue weighted by atomic mass is 32.1. The van der Waals surface area contributed by atoms with Gasteiger partial charge in [-0.25, -0.2) is 4.98 Å². The monoisotopic (exact) mass is 280 g/mol. The molecule has 1 aromatic rings. The van der Waals surface area contributed by atoms with Crippen molar-refractivity contribution in [1.82, 2.24) is 10.3 Å². The number of hydrogen-bond donors (Lipinski definition) is 1. The van der Waals surface area contributed by atoms with Gasteiger partial charge in [0.15, 0.2) is 0 Å². The van der Waals surface area contributed by atoms with Crippen molar-refractivity contribution in [3.05, 3.63) is 15.6 Å². The average molecular weight is 280 g/mol.